The van der Waals surface area contributed by atoms with Gasteiger partial charge in [-0.2, -0.15) is 0 Å². The fourth-order valence-corrected chi connectivity index (χ4v) is 3.37. The summed E-state index contributed by atoms with van der Waals surface area (Å²) in [6.07, 6.45) is 5.72. The van der Waals surface area contributed by atoms with Crippen molar-refractivity contribution in [2.45, 2.75) is 31.6 Å². The van der Waals surface area contributed by atoms with E-state index in [0.717, 1.165) is 17.8 Å². The van der Waals surface area contributed by atoms with Gasteiger partial charge in [-0.05, 0) is 54.7 Å². The van der Waals surface area contributed by atoms with Gasteiger partial charge < -0.3 is 5.11 Å². The van der Waals surface area contributed by atoms with Crippen LogP contribution in [-0.4, -0.2) is 5.11 Å². The minimum atomic E-state index is 0.386. The fourth-order valence-electron chi connectivity index (χ4n) is 3.37. The van der Waals surface area contributed by atoms with E-state index in [1.54, 1.807) is 0 Å². The van der Waals surface area contributed by atoms with E-state index in [1.807, 2.05) is 12.1 Å². The molecule has 2 fully saturated rings. The third-order valence-electron chi connectivity index (χ3n) is 4.06. The summed E-state index contributed by atoms with van der Waals surface area (Å²) in [5.74, 6) is 3.11. The highest BCUT2D eigenvalue weighted by molar-refractivity contribution is 5.30. The summed E-state index contributed by atoms with van der Waals surface area (Å²) in [5.41, 5.74) is 1.44. The van der Waals surface area contributed by atoms with Crippen LogP contribution in [0.2, 0.25) is 0 Å². The van der Waals surface area contributed by atoms with Crippen LogP contribution in [0.1, 0.15) is 37.2 Å². The number of aromatic hydroxyl groups is 1. The Morgan fingerprint density at radius 2 is 1.79 bits per heavy atom. The molecule has 0 spiro atoms. The lowest BCUT2D eigenvalue weighted by atomic mass is 9.83. The Labute approximate surface area is 84.8 Å². The molecule has 0 saturated heterocycles. The van der Waals surface area contributed by atoms with Gasteiger partial charge in [0, 0.05) is 0 Å². The summed E-state index contributed by atoms with van der Waals surface area (Å²) in [6, 6.07) is 7.84. The molecule has 2 bridgehead atoms. The minimum absolute atomic E-state index is 0.386. The monoisotopic (exact) mass is 188 g/mol. The van der Waals surface area contributed by atoms with Crippen molar-refractivity contribution in [3.63, 3.8) is 0 Å². The molecule has 2 saturated carbocycles. The maximum Gasteiger partial charge on any atom is 0.115 e. The zero-order chi connectivity index (χ0) is 9.54. The molecule has 14 heavy (non-hydrogen) atoms. The Morgan fingerprint density at radius 1 is 1.00 bits per heavy atom. The van der Waals surface area contributed by atoms with Crippen LogP contribution in [0, 0.1) is 11.8 Å². The molecule has 0 amide bonds. The highest BCUT2D eigenvalue weighted by Gasteiger charge is 2.39. The molecule has 3 atom stereocenters. The summed E-state index contributed by atoms with van der Waals surface area (Å²) in [7, 11) is 0. The van der Waals surface area contributed by atoms with Crippen molar-refractivity contribution >= 4 is 0 Å². The van der Waals surface area contributed by atoms with Gasteiger partial charge in [-0.1, -0.05) is 18.6 Å². The van der Waals surface area contributed by atoms with E-state index in [9.17, 15) is 5.11 Å². The van der Waals surface area contributed by atoms with Crippen molar-refractivity contribution in [1.82, 2.24) is 0 Å². The van der Waals surface area contributed by atoms with E-state index >= 15 is 0 Å². The molecule has 74 valence electrons. The number of hydrogen-bond donors (Lipinski definition) is 1. The van der Waals surface area contributed by atoms with E-state index in [1.165, 1.54) is 31.2 Å². The Kier molecular flexibility index (Phi) is 1.79. The molecular weight excluding hydrogens is 172 g/mol. The normalized spacial score (nSPS) is 35.0. The highest BCUT2D eigenvalue weighted by atomic mass is 16.3. The molecular formula is C13H16O. The number of rotatable bonds is 1. The van der Waals surface area contributed by atoms with Crippen LogP contribution in [0.15, 0.2) is 24.3 Å². The first kappa shape index (κ1) is 8.34. The van der Waals surface area contributed by atoms with Gasteiger partial charge >= 0.3 is 0 Å². The van der Waals surface area contributed by atoms with Crippen LogP contribution in [0.5, 0.6) is 5.75 Å². The van der Waals surface area contributed by atoms with E-state index in [4.69, 9.17) is 0 Å². The summed E-state index contributed by atoms with van der Waals surface area (Å²) in [6.45, 7) is 0. The van der Waals surface area contributed by atoms with E-state index in [-0.39, 0.29) is 0 Å². The minimum Gasteiger partial charge on any atom is -0.508 e. The lowest BCUT2D eigenvalue weighted by Crippen LogP contribution is -2.07. The van der Waals surface area contributed by atoms with Crippen LogP contribution in [0.25, 0.3) is 0 Å². The largest absolute Gasteiger partial charge is 0.508 e. The summed E-state index contributed by atoms with van der Waals surface area (Å²) >= 11 is 0. The smallest absolute Gasteiger partial charge is 0.115 e. The second-order valence-electron chi connectivity index (χ2n) is 4.87. The van der Waals surface area contributed by atoms with Crippen molar-refractivity contribution in [1.29, 1.82) is 0 Å². The third kappa shape index (κ3) is 1.23. The molecule has 0 unspecified atom stereocenters. The van der Waals surface area contributed by atoms with Crippen molar-refractivity contribution in [3.8, 4) is 5.75 Å². The lowest BCUT2D eigenvalue weighted by Gasteiger charge is -2.21. The molecule has 0 heterocycles. The molecule has 1 N–H and O–H groups in total. The number of fused-ring (bicyclic) bond motifs is 2. The Bertz CT molecular complexity index is 328. The van der Waals surface area contributed by atoms with E-state index in [2.05, 4.69) is 12.1 Å². The molecule has 0 aromatic heterocycles. The SMILES string of the molecule is Oc1ccc([C@H]2C[C@H]3CC[C@H]2C3)cc1. The third-order valence-corrected chi connectivity index (χ3v) is 4.06. The lowest BCUT2D eigenvalue weighted by molar-refractivity contribution is 0.419. The van der Waals surface area contributed by atoms with Crippen LogP contribution in [-0.2, 0) is 0 Å². The first-order chi connectivity index (χ1) is 6.83. The van der Waals surface area contributed by atoms with Gasteiger partial charge in [-0.3, -0.25) is 0 Å². The van der Waals surface area contributed by atoms with Crippen LogP contribution < -0.4 is 0 Å². The molecule has 2 aliphatic carbocycles. The Balaban J connectivity index is 1.86. The van der Waals surface area contributed by atoms with Crippen LogP contribution in [0.3, 0.4) is 0 Å². The summed E-state index contributed by atoms with van der Waals surface area (Å²) in [4.78, 5) is 0. The van der Waals surface area contributed by atoms with Gasteiger partial charge in [0.05, 0.1) is 0 Å². The Hall–Kier alpha value is -0.980. The standard InChI is InChI=1S/C13H16O/c14-12-5-3-10(4-6-12)13-8-9-1-2-11(13)7-9/h3-6,9,11,13-14H,1-2,7-8H2/t9-,11-,13+/m0/s1. The topological polar surface area (TPSA) is 20.2 Å². The number of phenols is 1. The zero-order valence-corrected chi connectivity index (χ0v) is 8.32. The van der Waals surface area contributed by atoms with Gasteiger partial charge in [0.1, 0.15) is 5.75 Å². The van der Waals surface area contributed by atoms with Gasteiger partial charge in [0.15, 0.2) is 0 Å². The van der Waals surface area contributed by atoms with Gasteiger partial charge in [0.25, 0.3) is 0 Å². The molecule has 1 nitrogen and oxygen atoms in total. The predicted molar refractivity (Wildman–Crippen MR) is 56.3 cm³/mol. The second kappa shape index (κ2) is 3.01. The molecule has 0 aliphatic heterocycles. The van der Waals surface area contributed by atoms with Crippen molar-refractivity contribution in [2.24, 2.45) is 11.8 Å². The highest BCUT2D eigenvalue weighted by Crippen LogP contribution is 2.52. The maximum atomic E-state index is 9.23. The number of benzene rings is 1. The van der Waals surface area contributed by atoms with Crippen molar-refractivity contribution in [3.05, 3.63) is 29.8 Å². The van der Waals surface area contributed by atoms with Crippen molar-refractivity contribution < 1.29 is 5.11 Å². The van der Waals surface area contributed by atoms with Gasteiger partial charge in [0.2, 0.25) is 0 Å². The van der Waals surface area contributed by atoms with Gasteiger partial charge in [-0.15, -0.1) is 0 Å². The Morgan fingerprint density at radius 3 is 2.36 bits per heavy atom. The maximum absolute atomic E-state index is 9.23. The van der Waals surface area contributed by atoms with Gasteiger partial charge in [-0.25, -0.2) is 0 Å². The second-order valence-corrected chi connectivity index (χ2v) is 4.87. The van der Waals surface area contributed by atoms with E-state index < -0.39 is 0 Å². The number of phenolic OH excluding ortho intramolecular Hbond substituents is 1. The quantitative estimate of drug-likeness (QED) is 0.717. The summed E-state index contributed by atoms with van der Waals surface area (Å²) < 4.78 is 0. The molecule has 2 aliphatic rings. The van der Waals surface area contributed by atoms with Crippen LogP contribution in [0.4, 0.5) is 0 Å². The molecule has 0 radical (unpaired) electrons. The molecule has 3 rings (SSSR count). The molecule has 1 heteroatoms. The zero-order valence-electron chi connectivity index (χ0n) is 8.32. The average Bonchev–Trinajstić information content (AvgIpc) is 2.80. The molecule has 1 aromatic rings. The number of hydrogen-bond acceptors (Lipinski definition) is 1. The first-order valence-corrected chi connectivity index (χ1v) is 5.62. The predicted octanol–water partition coefficient (Wildman–Crippen LogP) is 3.30. The summed E-state index contributed by atoms with van der Waals surface area (Å²) in [5, 5.41) is 9.23. The fraction of sp³-hybridized carbons (Fsp3) is 0.538. The molecule has 1 aromatic carbocycles. The first-order valence-electron chi connectivity index (χ1n) is 5.62. The van der Waals surface area contributed by atoms with E-state index in [0.29, 0.717) is 5.75 Å². The van der Waals surface area contributed by atoms with Crippen LogP contribution >= 0.6 is 0 Å². The average molecular weight is 188 g/mol. The van der Waals surface area contributed by atoms with Crippen molar-refractivity contribution in [2.75, 3.05) is 0 Å².